The number of halogens is 3. The molecule has 1 N–H and O–H groups in total. The first-order valence-electron chi connectivity index (χ1n) is 6.81. The SMILES string of the molecule is CC1(C)Cc2c(ccn2-c2cc(F)c(Br)cc2F)C(O)C1. The molecule has 0 bridgehead atoms. The van der Waals surface area contributed by atoms with Gasteiger partial charge in [-0.25, -0.2) is 8.78 Å². The molecule has 112 valence electrons. The largest absolute Gasteiger partial charge is 0.388 e. The quantitative estimate of drug-likeness (QED) is 0.747. The second kappa shape index (κ2) is 4.92. The Morgan fingerprint density at radius 3 is 2.71 bits per heavy atom. The minimum atomic E-state index is -0.562. The summed E-state index contributed by atoms with van der Waals surface area (Å²) < 4.78 is 29.7. The maximum absolute atomic E-state index is 14.2. The minimum Gasteiger partial charge on any atom is -0.388 e. The van der Waals surface area contributed by atoms with Crippen LogP contribution in [0.3, 0.4) is 0 Å². The zero-order valence-corrected chi connectivity index (χ0v) is 13.4. The highest BCUT2D eigenvalue weighted by atomic mass is 79.9. The van der Waals surface area contributed by atoms with Crippen molar-refractivity contribution in [1.82, 2.24) is 4.57 Å². The third kappa shape index (κ3) is 2.53. The Bertz CT molecular complexity index is 709. The number of hydrogen-bond donors (Lipinski definition) is 1. The number of aliphatic hydroxyl groups excluding tert-OH is 1. The number of nitrogens with zero attached hydrogens (tertiary/aromatic N) is 1. The smallest absolute Gasteiger partial charge is 0.148 e. The summed E-state index contributed by atoms with van der Waals surface area (Å²) in [5.41, 5.74) is 1.74. The van der Waals surface area contributed by atoms with E-state index < -0.39 is 17.7 Å². The molecule has 1 atom stereocenters. The van der Waals surface area contributed by atoms with Crippen LogP contribution in [0, 0.1) is 17.0 Å². The predicted octanol–water partition coefficient (Wildman–Crippen LogP) is 4.52. The molecule has 3 rings (SSSR count). The second-order valence-corrected chi connectivity index (χ2v) is 7.22. The predicted molar refractivity (Wildman–Crippen MR) is 80.4 cm³/mol. The number of aromatic nitrogens is 1. The second-order valence-electron chi connectivity index (χ2n) is 6.37. The van der Waals surface area contributed by atoms with Gasteiger partial charge in [-0.05, 0) is 46.3 Å². The molecule has 0 aliphatic heterocycles. The van der Waals surface area contributed by atoms with Gasteiger partial charge in [-0.1, -0.05) is 13.8 Å². The van der Waals surface area contributed by atoms with Crippen molar-refractivity contribution in [3.8, 4) is 5.69 Å². The number of benzene rings is 1. The molecule has 21 heavy (non-hydrogen) atoms. The molecular weight excluding hydrogens is 340 g/mol. The fraction of sp³-hybridized carbons (Fsp3) is 0.375. The van der Waals surface area contributed by atoms with E-state index in [0.717, 1.165) is 17.3 Å². The molecule has 0 radical (unpaired) electrons. The van der Waals surface area contributed by atoms with Crippen molar-refractivity contribution in [1.29, 1.82) is 0 Å². The van der Waals surface area contributed by atoms with Gasteiger partial charge in [0.15, 0.2) is 0 Å². The Hall–Kier alpha value is -1.20. The van der Waals surface area contributed by atoms with E-state index in [1.807, 2.05) is 0 Å². The summed E-state index contributed by atoms with van der Waals surface area (Å²) in [7, 11) is 0. The van der Waals surface area contributed by atoms with Gasteiger partial charge in [0.2, 0.25) is 0 Å². The minimum absolute atomic E-state index is 0.0765. The maximum Gasteiger partial charge on any atom is 0.148 e. The molecule has 1 unspecified atom stereocenters. The van der Waals surface area contributed by atoms with Crippen LogP contribution in [0.4, 0.5) is 8.78 Å². The molecule has 1 aliphatic rings. The van der Waals surface area contributed by atoms with E-state index in [1.165, 1.54) is 6.07 Å². The van der Waals surface area contributed by atoms with Crippen LogP contribution in [0.15, 0.2) is 28.9 Å². The van der Waals surface area contributed by atoms with Gasteiger partial charge in [0.1, 0.15) is 11.6 Å². The van der Waals surface area contributed by atoms with Crippen molar-refractivity contribution >= 4 is 15.9 Å². The van der Waals surface area contributed by atoms with Crippen LogP contribution in [-0.4, -0.2) is 9.67 Å². The summed E-state index contributed by atoms with van der Waals surface area (Å²) in [6.45, 7) is 4.13. The van der Waals surface area contributed by atoms with Crippen molar-refractivity contribution in [3.63, 3.8) is 0 Å². The van der Waals surface area contributed by atoms with E-state index in [9.17, 15) is 13.9 Å². The molecule has 5 heteroatoms. The lowest BCUT2D eigenvalue weighted by Gasteiger charge is -2.34. The highest BCUT2D eigenvalue weighted by Gasteiger charge is 2.33. The van der Waals surface area contributed by atoms with Gasteiger partial charge < -0.3 is 9.67 Å². The van der Waals surface area contributed by atoms with Crippen LogP contribution in [-0.2, 0) is 6.42 Å². The average molecular weight is 356 g/mol. The molecule has 0 saturated heterocycles. The standard InChI is InChI=1S/C16H16BrF2NO/c1-16(2)7-14-9(15(21)8-16)3-4-20(14)13-6-11(18)10(17)5-12(13)19/h3-6,15,21H,7-8H2,1-2H3. The molecule has 0 amide bonds. The Kier molecular flexibility index (Phi) is 3.45. The first-order chi connectivity index (χ1) is 9.78. The lowest BCUT2D eigenvalue weighted by molar-refractivity contribution is 0.0986. The van der Waals surface area contributed by atoms with Gasteiger partial charge in [0.25, 0.3) is 0 Å². The van der Waals surface area contributed by atoms with Crippen molar-refractivity contribution in [2.24, 2.45) is 5.41 Å². The molecule has 0 spiro atoms. The first kappa shape index (κ1) is 14.7. The molecule has 1 aromatic carbocycles. The van der Waals surface area contributed by atoms with E-state index in [0.29, 0.717) is 12.8 Å². The molecule has 0 saturated carbocycles. The molecule has 1 aliphatic carbocycles. The van der Waals surface area contributed by atoms with Crippen LogP contribution in [0.1, 0.15) is 37.6 Å². The lowest BCUT2D eigenvalue weighted by atomic mass is 9.75. The third-order valence-corrected chi connectivity index (χ3v) is 4.64. The number of fused-ring (bicyclic) bond motifs is 1. The van der Waals surface area contributed by atoms with Crippen molar-refractivity contribution < 1.29 is 13.9 Å². The molecule has 1 aromatic heterocycles. The summed E-state index contributed by atoms with van der Waals surface area (Å²) in [5, 5.41) is 10.2. The molecular formula is C16H16BrF2NO. The van der Waals surface area contributed by atoms with E-state index in [1.54, 1.807) is 16.8 Å². The summed E-state index contributed by atoms with van der Waals surface area (Å²) in [4.78, 5) is 0. The normalized spacial score (nSPS) is 20.4. The van der Waals surface area contributed by atoms with Gasteiger partial charge >= 0.3 is 0 Å². The molecule has 2 aromatic rings. The maximum atomic E-state index is 14.2. The van der Waals surface area contributed by atoms with Crippen molar-refractivity contribution in [3.05, 3.63) is 51.8 Å². The zero-order chi connectivity index (χ0) is 15.4. The van der Waals surface area contributed by atoms with Crippen LogP contribution >= 0.6 is 15.9 Å². The Labute approximate surface area is 130 Å². The van der Waals surface area contributed by atoms with Gasteiger partial charge in [-0.3, -0.25) is 0 Å². The van der Waals surface area contributed by atoms with Crippen LogP contribution in [0.25, 0.3) is 5.69 Å². The first-order valence-corrected chi connectivity index (χ1v) is 7.61. The summed E-state index contributed by atoms with van der Waals surface area (Å²) >= 11 is 2.98. The monoisotopic (exact) mass is 355 g/mol. The number of aliphatic hydroxyl groups is 1. The van der Waals surface area contributed by atoms with E-state index in [4.69, 9.17) is 0 Å². The fourth-order valence-corrected chi connectivity index (χ4v) is 3.37. The van der Waals surface area contributed by atoms with Gasteiger partial charge in [-0.15, -0.1) is 0 Å². The molecule has 0 fully saturated rings. The van der Waals surface area contributed by atoms with Crippen LogP contribution in [0.5, 0.6) is 0 Å². The van der Waals surface area contributed by atoms with Crippen molar-refractivity contribution in [2.75, 3.05) is 0 Å². The highest BCUT2D eigenvalue weighted by Crippen LogP contribution is 2.42. The Morgan fingerprint density at radius 1 is 1.29 bits per heavy atom. The zero-order valence-electron chi connectivity index (χ0n) is 11.8. The topological polar surface area (TPSA) is 25.2 Å². The van der Waals surface area contributed by atoms with Gasteiger partial charge in [0.05, 0.1) is 16.3 Å². The Morgan fingerprint density at radius 2 is 2.00 bits per heavy atom. The van der Waals surface area contributed by atoms with E-state index in [2.05, 4.69) is 29.8 Å². The van der Waals surface area contributed by atoms with E-state index in [-0.39, 0.29) is 15.6 Å². The third-order valence-electron chi connectivity index (χ3n) is 4.03. The lowest BCUT2D eigenvalue weighted by Crippen LogP contribution is -2.26. The fourth-order valence-electron chi connectivity index (χ4n) is 3.05. The highest BCUT2D eigenvalue weighted by molar-refractivity contribution is 9.10. The van der Waals surface area contributed by atoms with Crippen LogP contribution < -0.4 is 0 Å². The van der Waals surface area contributed by atoms with E-state index >= 15 is 0 Å². The summed E-state index contributed by atoms with van der Waals surface area (Å²) in [5.74, 6) is -1.01. The molecule has 2 nitrogen and oxygen atoms in total. The van der Waals surface area contributed by atoms with Gasteiger partial charge in [-0.2, -0.15) is 0 Å². The van der Waals surface area contributed by atoms with Crippen molar-refractivity contribution in [2.45, 2.75) is 32.8 Å². The van der Waals surface area contributed by atoms with Gasteiger partial charge in [0, 0.05) is 23.5 Å². The molecule has 1 heterocycles. The average Bonchev–Trinajstić information content (AvgIpc) is 2.76. The van der Waals surface area contributed by atoms with Crippen LogP contribution in [0.2, 0.25) is 0 Å². The summed E-state index contributed by atoms with van der Waals surface area (Å²) in [6.07, 6.45) is 2.51. The Balaban J connectivity index is 2.16. The summed E-state index contributed by atoms with van der Waals surface area (Å²) in [6, 6.07) is 4.09. The number of hydrogen-bond acceptors (Lipinski definition) is 1. The number of rotatable bonds is 1.